The maximum Gasteiger partial charge on any atom is 0.102 e. The van der Waals surface area contributed by atoms with Crippen molar-refractivity contribution in [2.45, 2.75) is 65.5 Å². The Bertz CT molecular complexity index is 595. The Labute approximate surface area is 130 Å². The third kappa shape index (κ3) is 3.71. The number of aliphatic hydroxyl groups excluding tert-OH is 1. The van der Waals surface area contributed by atoms with Crippen LogP contribution in [0.2, 0.25) is 0 Å². The number of hydrogen-bond acceptors (Lipinski definition) is 4. The highest BCUT2D eigenvalue weighted by Crippen LogP contribution is 2.28. The van der Waals surface area contributed by atoms with Crippen LogP contribution in [-0.2, 0) is 24.8 Å². The predicted molar refractivity (Wildman–Crippen MR) is 86.8 cm³/mol. The van der Waals surface area contributed by atoms with E-state index in [-0.39, 0.29) is 5.41 Å². The summed E-state index contributed by atoms with van der Waals surface area (Å²) in [6, 6.07) is 2.09. The van der Waals surface area contributed by atoms with Gasteiger partial charge in [0, 0.05) is 29.5 Å². The molecule has 0 aliphatic heterocycles. The lowest BCUT2D eigenvalue weighted by Crippen LogP contribution is -2.12. The van der Waals surface area contributed by atoms with Gasteiger partial charge in [-0.2, -0.15) is 5.10 Å². The van der Waals surface area contributed by atoms with Crippen molar-refractivity contribution in [1.82, 2.24) is 14.8 Å². The van der Waals surface area contributed by atoms with E-state index in [9.17, 15) is 5.11 Å². The number of aryl methyl sites for hydroxylation is 2. The second-order valence-electron chi connectivity index (χ2n) is 6.34. The molecule has 0 radical (unpaired) electrons. The molecule has 1 unspecified atom stereocenters. The molecule has 0 aromatic carbocycles. The monoisotopic (exact) mass is 307 g/mol. The molecule has 2 rings (SSSR count). The van der Waals surface area contributed by atoms with Crippen molar-refractivity contribution >= 4 is 11.3 Å². The molecule has 1 atom stereocenters. The largest absolute Gasteiger partial charge is 0.386 e. The molecule has 0 amide bonds. The molecule has 0 saturated heterocycles. The maximum absolute atomic E-state index is 10.5. The van der Waals surface area contributed by atoms with Crippen molar-refractivity contribution in [1.29, 1.82) is 0 Å². The molecular formula is C16H25N3OS. The summed E-state index contributed by atoms with van der Waals surface area (Å²) in [5, 5.41) is 18.0. The second-order valence-corrected chi connectivity index (χ2v) is 7.20. The Kier molecular flexibility index (Phi) is 4.84. The van der Waals surface area contributed by atoms with Crippen molar-refractivity contribution in [3.8, 4) is 0 Å². The number of rotatable bonds is 5. The quantitative estimate of drug-likeness (QED) is 0.920. The molecular weight excluding hydrogens is 282 g/mol. The van der Waals surface area contributed by atoms with E-state index in [4.69, 9.17) is 0 Å². The molecule has 0 spiro atoms. The van der Waals surface area contributed by atoms with Gasteiger partial charge in [-0.05, 0) is 19.4 Å². The van der Waals surface area contributed by atoms with Crippen molar-refractivity contribution in [2.24, 2.45) is 0 Å². The number of aliphatic hydroxyl groups is 1. The van der Waals surface area contributed by atoms with E-state index in [1.807, 2.05) is 10.1 Å². The van der Waals surface area contributed by atoms with Gasteiger partial charge in [-0.3, -0.25) is 4.68 Å². The van der Waals surface area contributed by atoms with Gasteiger partial charge in [-0.15, -0.1) is 11.3 Å². The van der Waals surface area contributed by atoms with Crippen LogP contribution in [0.5, 0.6) is 0 Å². The minimum absolute atomic E-state index is 0.0310. The highest BCUT2D eigenvalue weighted by Gasteiger charge is 2.21. The molecule has 1 N–H and O–H groups in total. The summed E-state index contributed by atoms with van der Waals surface area (Å²) in [4.78, 5) is 4.60. The third-order valence-electron chi connectivity index (χ3n) is 3.48. The molecule has 0 fully saturated rings. The van der Waals surface area contributed by atoms with Gasteiger partial charge in [-0.1, -0.05) is 27.7 Å². The smallest absolute Gasteiger partial charge is 0.102 e. The SMILES string of the molecule is CCc1cc(CC(O)c2csc(C(C)(C)C)n2)n(CC)n1. The van der Waals surface area contributed by atoms with Crippen LogP contribution in [-0.4, -0.2) is 19.9 Å². The molecule has 2 aromatic heterocycles. The topological polar surface area (TPSA) is 50.9 Å². The van der Waals surface area contributed by atoms with E-state index in [0.717, 1.165) is 35.1 Å². The fraction of sp³-hybridized carbons (Fsp3) is 0.625. The molecule has 0 saturated carbocycles. The van der Waals surface area contributed by atoms with Crippen LogP contribution in [0.25, 0.3) is 0 Å². The van der Waals surface area contributed by atoms with Crippen molar-refractivity contribution in [3.05, 3.63) is 33.5 Å². The van der Waals surface area contributed by atoms with Crippen LogP contribution in [0, 0.1) is 0 Å². The third-order valence-corrected chi connectivity index (χ3v) is 4.77. The van der Waals surface area contributed by atoms with Gasteiger partial charge in [0.15, 0.2) is 0 Å². The van der Waals surface area contributed by atoms with Gasteiger partial charge in [0.1, 0.15) is 6.10 Å². The highest BCUT2D eigenvalue weighted by atomic mass is 32.1. The first kappa shape index (κ1) is 16.2. The number of aromatic nitrogens is 3. The molecule has 2 aromatic rings. The average molecular weight is 307 g/mol. The molecule has 0 aliphatic carbocycles. The Morgan fingerprint density at radius 1 is 1.33 bits per heavy atom. The van der Waals surface area contributed by atoms with E-state index in [0.29, 0.717) is 6.42 Å². The zero-order valence-electron chi connectivity index (χ0n) is 13.6. The second kappa shape index (κ2) is 6.28. The van der Waals surface area contributed by atoms with Gasteiger partial charge in [0.05, 0.1) is 16.4 Å². The van der Waals surface area contributed by atoms with Gasteiger partial charge >= 0.3 is 0 Å². The summed E-state index contributed by atoms with van der Waals surface area (Å²) in [7, 11) is 0. The molecule has 21 heavy (non-hydrogen) atoms. The van der Waals surface area contributed by atoms with Crippen LogP contribution in [0.15, 0.2) is 11.4 Å². The Hall–Kier alpha value is -1.20. The Morgan fingerprint density at radius 3 is 2.57 bits per heavy atom. The van der Waals surface area contributed by atoms with Crippen LogP contribution in [0.3, 0.4) is 0 Å². The van der Waals surface area contributed by atoms with Crippen molar-refractivity contribution in [2.75, 3.05) is 0 Å². The Morgan fingerprint density at radius 2 is 2.05 bits per heavy atom. The number of thiazole rings is 1. The summed E-state index contributed by atoms with van der Waals surface area (Å²) >= 11 is 1.62. The number of hydrogen-bond donors (Lipinski definition) is 1. The summed E-state index contributed by atoms with van der Waals surface area (Å²) < 4.78 is 1.97. The van der Waals surface area contributed by atoms with Crippen LogP contribution in [0.4, 0.5) is 0 Å². The van der Waals surface area contributed by atoms with Crippen molar-refractivity contribution < 1.29 is 5.11 Å². The Balaban J connectivity index is 2.16. The molecule has 116 valence electrons. The minimum Gasteiger partial charge on any atom is -0.386 e. The fourth-order valence-corrected chi connectivity index (χ4v) is 3.17. The number of nitrogens with zero attached hydrogens (tertiary/aromatic N) is 3. The minimum atomic E-state index is -0.566. The lowest BCUT2D eigenvalue weighted by molar-refractivity contribution is 0.171. The first-order valence-electron chi connectivity index (χ1n) is 7.54. The van der Waals surface area contributed by atoms with E-state index < -0.39 is 6.10 Å². The molecule has 2 heterocycles. The van der Waals surface area contributed by atoms with Gasteiger partial charge in [-0.25, -0.2) is 4.98 Å². The molecule has 5 heteroatoms. The first-order valence-corrected chi connectivity index (χ1v) is 8.42. The fourth-order valence-electron chi connectivity index (χ4n) is 2.21. The average Bonchev–Trinajstić information content (AvgIpc) is 3.04. The van der Waals surface area contributed by atoms with Crippen LogP contribution >= 0.6 is 11.3 Å². The summed E-state index contributed by atoms with van der Waals surface area (Å²) in [5.74, 6) is 0. The molecule has 4 nitrogen and oxygen atoms in total. The zero-order valence-corrected chi connectivity index (χ0v) is 14.4. The summed E-state index contributed by atoms with van der Waals surface area (Å²) in [5.41, 5.74) is 2.95. The lowest BCUT2D eigenvalue weighted by Gasteiger charge is -2.14. The molecule has 0 aliphatic rings. The van der Waals surface area contributed by atoms with E-state index in [2.05, 4.69) is 50.8 Å². The standard InChI is InChI=1S/C16H25N3OS/c1-6-11-8-12(19(7-2)18-11)9-14(20)13-10-21-15(17-13)16(3,4)5/h8,10,14,20H,6-7,9H2,1-5H3. The predicted octanol–water partition coefficient (Wildman–Crippen LogP) is 3.50. The summed E-state index contributed by atoms with van der Waals surface area (Å²) in [6.07, 6.45) is 0.916. The lowest BCUT2D eigenvalue weighted by atomic mass is 9.98. The zero-order chi connectivity index (χ0) is 15.6. The van der Waals surface area contributed by atoms with Crippen LogP contribution in [0.1, 0.15) is 62.8 Å². The normalized spacial score (nSPS) is 13.6. The maximum atomic E-state index is 10.5. The van der Waals surface area contributed by atoms with Gasteiger partial charge < -0.3 is 5.11 Å². The van der Waals surface area contributed by atoms with Gasteiger partial charge in [0.2, 0.25) is 0 Å². The van der Waals surface area contributed by atoms with Gasteiger partial charge in [0.25, 0.3) is 0 Å². The van der Waals surface area contributed by atoms with Crippen LogP contribution < -0.4 is 0 Å². The summed E-state index contributed by atoms with van der Waals surface area (Å²) in [6.45, 7) is 11.4. The van der Waals surface area contributed by atoms with E-state index in [1.165, 1.54) is 0 Å². The first-order chi connectivity index (χ1) is 9.85. The van der Waals surface area contributed by atoms with E-state index >= 15 is 0 Å². The van der Waals surface area contributed by atoms with E-state index in [1.54, 1.807) is 11.3 Å². The highest BCUT2D eigenvalue weighted by molar-refractivity contribution is 7.09. The molecule has 0 bridgehead atoms. The van der Waals surface area contributed by atoms with Crippen molar-refractivity contribution in [3.63, 3.8) is 0 Å².